The van der Waals surface area contributed by atoms with E-state index in [1.165, 1.54) is 22.5 Å². The highest BCUT2D eigenvalue weighted by atomic mass is 35.5. The number of morpholine rings is 1. The van der Waals surface area contributed by atoms with Gasteiger partial charge in [-0.1, -0.05) is 11.6 Å². The normalized spacial score (nSPS) is 23.6. The van der Waals surface area contributed by atoms with E-state index in [2.05, 4.69) is 5.32 Å². The van der Waals surface area contributed by atoms with Crippen LogP contribution in [0, 0.1) is 0 Å². The molecule has 2 unspecified atom stereocenters. The Kier molecular flexibility index (Phi) is 6.83. The van der Waals surface area contributed by atoms with Crippen molar-refractivity contribution in [1.82, 2.24) is 9.21 Å². The summed E-state index contributed by atoms with van der Waals surface area (Å²) in [5.41, 5.74) is 0.0941. The third kappa shape index (κ3) is 4.74. The topological polar surface area (TPSA) is 96.0 Å². The predicted octanol–water partition coefficient (Wildman–Crippen LogP) is 2.09. The molecule has 29 heavy (non-hydrogen) atoms. The number of ether oxygens (including phenoxy) is 1. The van der Waals surface area contributed by atoms with Crippen LogP contribution >= 0.6 is 11.6 Å². The summed E-state index contributed by atoms with van der Waals surface area (Å²) in [4.78, 5) is 26.9. The second kappa shape index (κ2) is 8.99. The van der Waals surface area contributed by atoms with Crippen molar-refractivity contribution in [2.24, 2.45) is 0 Å². The fourth-order valence-corrected chi connectivity index (χ4v) is 5.41. The first-order chi connectivity index (χ1) is 13.7. The van der Waals surface area contributed by atoms with Crippen molar-refractivity contribution in [2.45, 2.75) is 50.1 Å². The first-order valence-electron chi connectivity index (χ1n) is 9.73. The number of carbonyl (C=O) groups is 2. The second-order valence-corrected chi connectivity index (χ2v) is 9.80. The number of carbonyl (C=O) groups excluding carboxylic acids is 2. The van der Waals surface area contributed by atoms with E-state index < -0.39 is 21.8 Å². The van der Waals surface area contributed by atoms with E-state index in [9.17, 15) is 18.0 Å². The van der Waals surface area contributed by atoms with Gasteiger partial charge in [0.25, 0.3) is 0 Å². The van der Waals surface area contributed by atoms with Crippen LogP contribution < -0.4 is 5.32 Å². The molecule has 10 heteroatoms. The molecule has 0 aliphatic carbocycles. The number of anilines is 1. The molecule has 1 aromatic carbocycles. The Morgan fingerprint density at radius 2 is 1.76 bits per heavy atom. The molecule has 2 atom stereocenters. The summed E-state index contributed by atoms with van der Waals surface area (Å²) in [6.45, 7) is 5.02. The van der Waals surface area contributed by atoms with Gasteiger partial charge in [0, 0.05) is 25.2 Å². The van der Waals surface area contributed by atoms with Crippen molar-refractivity contribution in [3.05, 3.63) is 23.2 Å². The van der Waals surface area contributed by atoms with Crippen molar-refractivity contribution in [3.63, 3.8) is 0 Å². The molecule has 2 aliphatic heterocycles. The Morgan fingerprint density at radius 1 is 1.14 bits per heavy atom. The number of benzene rings is 1. The third-order valence-electron chi connectivity index (χ3n) is 5.42. The van der Waals surface area contributed by atoms with Crippen LogP contribution in [0.25, 0.3) is 0 Å². The molecule has 1 N–H and O–H groups in total. The van der Waals surface area contributed by atoms with E-state index in [0.29, 0.717) is 13.2 Å². The number of amides is 2. The highest BCUT2D eigenvalue weighted by Gasteiger charge is 2.33. The van der Waals surface area contributed by atoms with Gasteiger partial charge in [0.1, 0.15) is 0 Å². The zero-order valence-electron chi connectivity index (χ0n) is 16.6. The highest BCUT2D eigenvalue weighted by Crippen LogP contribution is 2.28. The van der Waals surface area contributed by atoms with Crippen molar-refractivity contribution >= 4 is 39.1 Å². The lowest BCUT2D eigenvalue weighted by atomic mass is 9.97. The van der Waals surface area contributed by atoms with Gasteiger partial charge in [0.2, 0.25) is 10.0 Å². The Balaban J connectivity index is 1.79. The molecule has 2 aliphatic rings. The van der Waals surface area contributed by atoms with Crippen LogP contribution in [0.4, 0.5) is 5.69 Å². The number of hydrogen-bond acceptors (Lipinski definition) is 5. The lowest BCUT2D eigenvalue weighted by molar-refractivity contribution is -0.147. The number of rotatable bonds is 3. The number of likely N-dealkylation sites (tertiary alicyclic amines) is 1. The standard InChI is InChI=1S/C19H26ClN3O5S/c1-13-4-3-5-14(2)23(13)19(25)18(24)21-17-12-15(6-7-16(17)20)29(26,27)22-8-10-28-11-9-22/h6-7,12-14H,3-5,8-11H2,1-2H3,(H,21,24). The fourth-order valence-electron chi connectivity index (χ4n) is 3.81. The second-order valence-electron chi connectivity index (χ2n) is 7.45. The van der Waals surface area contributed by atoms with Crippen molar-refractivity contribution in [1.29, 1.82) is 0 Å². The molecule has 0 spiro atoms. The molecule has 1 aromatic rings. The number of halogens is 1. The minimum absolute atomic E-state index is 0.00579. The molecule has 0 saturated carbocycles. The van der Waals surface area contributed by atoms with Gasteiger partial charge in [0.05, 0.1) is 28.8 Å². The van der Waals surface area contributed by atoms with E-state index in [0.717, 1.165) is 19.3 Å². The molecule has 2 fully saturated rings. The first kappa shape index (κ1) is 22.0. The van der Waals surface area contributed by atoms with Crippen molar-refractivity contribution in [3.8, 4) is 0 Å². The quantitative estimate of drug-likeness (QED) is 0.721. The maximum atomic E-state index is 12.8. The van der Waals surface area contributed by atoms with Crippen LogP contribution in [0.15, 0.2) is 23.1 Å². The number of nitrogens with one attached hydrogen (secondary N) is 1. The third-order valence-corrected chi connectivity index (χ3v) is 7.64. The Labute approximate surface area is 176 Å². The summed E-state index contributed by atoms with van der Waals surface area (Å²) in [5, 5.41) is 2.65. The molecule has 0 aromatic heterocycles. The van der Waals surface area contributed by atoms with E-state index in [4.69, 9.17) is 16.3 Å². The molecule has 0 bridgehead atoms. The van der Waals surface area contributed by atoms with Crippen molar-refractivity contribution < 1.29 is 22.7 Å². The van der Waals surface area contributed by atoms with Crippen LogP contribution in [0.5, 0.6) is 0 Å². The summed E-state index contributed by atoms with van der Waals surface area (Å²) < 4.78 is 32.2. The van der Waals surface area contributed by atoms with Crippen LogP contribution in [0.1, 0.15) is 33.1 Å². The largest absolute Gasteiger partial charge is 0.379 e. The summed E-state index contributed by atoms with van der Waals surface area (Å²) in [6.07, 6.45) is 2.70. The zero-order chi connectivity index (χ0) is 21.2. The van der Waals surface area contributed by atoms with Gasteiger partial charge in [-0.3, -0.25) is 9.59 Å². The van der Waals surface area contributed by atoms with E-state index in [1.807, 2.05) is 13.8 Å². The minimum Gasteiger partial charge on any atom is -0.379 e. The number of nitrogens with zero attached hydrogens (tertiary/aromatic N) is 2. The summed E-state index contributed by atoms with van der Waals surface area (Å²) in [5.74, 6) is -1.46. The lowest BCUT2D eigenvalue weighted by Gasteiger charge is -2.38. The summed E-state index contributed by atoms with van der Waals surface area (Å²) >= 11 is 6.16. The van der Waals surface area contributed by atoms with Gasteiger partial charge in [0.15, 0.2) is 0 Å². The highest BCUT2D eigenvalue weighted by molar-refractivity contribution is 7.89. The SMILES string of the molecule is CC1CCCC(C)N1C(=O)C(=O)Nc1cc(S(=O)(=O)N2CCOCC2)ccc1Cl. The molecule has 2 heterocycles. The Morgan fingerprint density at radius 3 is 2.38 bits per heavy atom. The van der Waals surface area contributed by atoms with E-state index in [1.54, 1.807) is 4.90 Å². The van der Waals surface area contributed by atoms with Crippen LogP contribution in [-0.2, 0) is 24.3 Å². The van der Waals surface area contributed by atoms with Gasteiger partial charge in [-0.2, -0.15) is 4.31 Å². The maximum absolute atomic E-state index is 12.8. The van der Waals surface area contributed by atoms with E-state index in [-0.39, 0.29) is 40.8 Å². The minimum atomic E-state index is -3.75. The van der Waals surface area contributed by atoms with Crippen LogP contribution in [-0.4, -0.2) is 67.8 Å². The van der Waals surface area contributed by atoms with Gasteiger partial charge < -0.3 is 15.0 Å². The van der Waals surface area contributed by atoms with Crippen molar-refractivity contribution in [2.75, 3.05) is 31.6 Å². The molecule has 3 rings (SSSR count). The van der Waals surface area contributed by atoms with E-state index >= 15 is 0 Å². The maximum Gasteiger partial charge on any atom is 0.313 e. The van der Waals surface area contributed by atoms with Gasteiger partial charge >= 0.3 is 11.8 Å². The predicted molar refractivity (Wildman–Crippen MR) is 109 cm³/mol. The molecule has 8 nitrogen and oxygen atoms in total. The fraction of sp³-hybridized carbons (Fsp3) is 0.579. The average Bonchev–Trinajstić information content (AvgIpc) is 2.70. The number of sulfonamides is 1. The smallest absolute Gasteiger partial charge is 0.313 e. The van der Waals surface area contributed by atoms with Gasteiger partial charge in [-0.15, -0.1) is 0 Å². The molecule has 2 amide bonds. The monoisotopic (exact) mass is 443 g/mol. The zero-order valence-corrected chi connectivity index (χ0v) is 18.1. The van der Waals surface area contributed by atoms with Crippen LogP contribution in [0.2, 0.25) is 5.02 Å². The van der Waals surface area contributed by atoms with Crippen LogP contribution in [0.3, 0.4) is 0 Å². The molecule has 160 valence electrons. The first-order valence-corrected chi connectivity index (χ1v) is 11.5. The lowest BCUT2D eigenvalue weighted by Crippen LogP contribution is -2.51. The van der Waals surface area contributed by atoms with Gasteiger partial charge in [-0.25, -0.2) is 8.42 Å². The molecular formula is C19H26ClN3O5S. The average molecular weight is 444 g/mol. The number of hydrogen-bond donors (Lipinski definition) is 1. The number of piperidine rings is 1. The Hall–Kier alpha value is -1.68. The molecule has 2 saturated heterocycles. The molecule has 0 radical (unpaired) electrons. The van der Waals surface area contributed by atoms with Gasteiger partial charge in [-0.05, 0) is 51.3 Å². The Bertz CT molecular complexity index is 876. The summed E-state index contributed by atoms with van der Waals surface area (Å²) in [6, 6.07) is 4.03. The summed E-state index contributed by atoms with van der Waals surface area (Å²) in [7, 11) is -3.75. The molecular weight excluding hydrogens is 418 g/mol.